The lowest BCUT2D eigenvalue weighted by Gasteiger charge is -2.32. The number of carbonyl (C=O) groups is 1. The topological polar surface area (TPSA) is 95.6 Å². The van der Waals surface area contributed by atoms with Crippen molar-refractivity contribution in [2.75, 3.05) is 31.1 Å². The number of carbonyl (C=O) groups excluding carboxylic acids is 1. The van der Waals surface area contributed by atoms with E-state index in [0.717, 1.165) is 49.8 Å². The fourth-order valence-electron chi connectivity index (χ4n) is 2.89. The van der Waals surface area contributed by atoms with E-state index < -0.39 is 0 Å². The molecule has 1 aliphatic rings. The molecule has 144 valence electrons. The number of rotatable bonds is 7. The van der Waals surface area contributed by atoms with Crippen molar-refractivity contribution in [2.45, 2.75) is 26.3 Å². The average Bonchev–Trinajstić information content (AvgIpc) is 2.64. The predicted octanol–water partition coefficient (Wildman–Crippen LogP) is 1.64. The predicted molar refractivity (Wildman–Crippen MR) is 117 cm³/mol. The molecule has 0 saturated carbocycles. The van der Waals surface area contributed by atoms with Crippen molar-refractivity contribution in [1.29, 1.82) is 0 Å². The maximum absolute atomic E-state index is 11.3. The first-order valence-corrected chi connectivity index (χ1v) is 8.77. The number of hydrogen-bond donors (Lipinski definition) is 3. The molecule has 7 nitrogen and oxygen atoms in total. The van der Waals surface area contributed by atoms with Gasteiger partial charge in [-0.25, -0.2) is 9.98 Å². The molecule has 1 amide bonds. The van der Waals surface area contributed by atoms with Gasteiger partial charge in [0.15, 0.2) is 5.96 Å². The minimum absolute atomic E-state index is 0. The monoisotopic (exact) mass is 472 g/mol. The summed E-state index contributed by atoms with van der Waals surface area (Å²) in [7, 11) is 0. The number of halogens is 1. The molecular weight excluding hydrogens is 443 g/mol. The molecule has 0 atom stereocenters. The summed E-state index contributed by atoms with van der Waals surface area (Å²) in [5.41, 5.74) is 6.48. The highest BCUT2D eigenvalue weighted by Gasteiger charge is 2.24. The largest absolute Gasteiger partial charge is 0.369 e. The molecule has 2 rings (SSSR count). The van der Waals surface area contributed by atoms with Crippen molar-refractivity contribution in [3.8, 4) is 0 Å². The van der Waals surface area contributed by atoms with Gasteiger partial charge in [-0.2, -0.15) is 0 Å². The number of piperidine rings is 1. The van der Waals surface area contributed by atoms with Crippen molar-refractivity contribution in [2.24, 2.45) is 16.6 Å². The Morgan fingerprint density at radius 2 is 2.19 bits per heavy atom. The van der Waals surface area contributed by atoms with E-state index in [-0.39, 0.29) is 35.8 Å². The van der Waals surface area contributed by atoms with Gasteiger partial charge in [-0.1, -0.05) is 12.1 Å². The van der Waals surface area contributed by atoms with E-state index in [9.17, 15) is 4.79 Å². The molecule has 2 heterocycles. The minimum atomic E-state index is -0.200. The van der Waals surface area contributed by atoms with Crippen LogP contribution in [0.5, 0.6) is 0 Å². The van der Waals surface area contributed by atoms with Crippen molar-refractivity contribution >= 4 is 41.7 Å². The second-order valence-corrected chi connectivity index (χ2v) is 6.01. The minimum Gasteiger partial charge on any atom is -0.369 e. The van der Waals surface area contributed by atoms with Gasteiger partial charge in [-0.05, 0) is 25.8 Å². The smallest absolute Gasteiger partial charge is 0.220 e. The number of anilines is 1. The Morgan fingerprint density at radius 3 is 2.81 bits per heavy atom. The average molecular weight is 472 g/mol. The lowest BCUT2D eigenvalue weighted by molar-refractivity contribution is -0.122. The van der Waals surface area contributed by atoms with Crippen LogP contribution in [0.1, 0.15) is 25.3 Å². The van der Waals surface area contributed by atoms with Gasteiger partial charge in [-0.3, -0.25) is 4.79 Å². The molecule has 1 saturated heterocycles. The first-order chi connectivity index (χ1) is 12.2. The van der Waals surface area contributed by atoms with Crippen LogP contribution in [0.3, 0.4) is 0 Å². The fraction of sp³-hybridized carbons (Fsp3) is 0.500. The van der Waals surface area contributed by atoms with Crippen LogP contribution in [0, 0.1) is 5.92 Å². The van der Waals surface area contributed by atoms with Gasteiger partial charge in [0.1, 0.15) is 5.82 Å². The molecule has 0 bridgehead atoms. The highest BCUT2D eigenvalue weighted by molar-refractivity contribution is 14.0. The van der Waals surface area contributed by atoms with Crippen molar-refractivity contribution in [3.63, 3.8) is 0 Å². The van der Waals surface area contributed by atoms with E-state index in [4.69, 9.17) is 5.73 Å². The number of nitrogens with two attached hydrogens (primary N) is 1. The summed E-state index contributed by atoms with van der Waals surface area (Å²) in [4.78, 5) is 22.7. The van der Waals surface area contributed by atoms with E-state index in [1.807, 2.05) is 19.1 Å². The molecule has 0 spiro atoms. The molecule has 0 unspecified atom stereocenters. The summed E-state index contributed by atoms with van der Waals surface area (Å²) in [6.45, 7) is 9.30. The van der Waals surface area contributed by atoms with E-state index in [2.05, 4.69) is 32.1 Å². The maximum atomic E-state index is 11.3. The van der Waals surface area contributed by atoms with Crippen molar-refractivity contribution in [3.05, 3.63) is 36.5 Å². The molecule has 0 radical (unpaired) electrons. The third-order valence-corrected chi connectivity index (χ3v) is 4.23. The number of nitrogens with zero attached hydrogens (tertiary/aromatic N) is 3. The number of pyridine rings is 1. The van der Waals surface area contributed by atoms with Gasteiger partial charge in [0.2, 0.25) is 5.91 Å². The van der Waals surface area contributed by atoms with Gasteiger partial charge >= 0.3 is 0 Å². The zero-order valence-corrected chi connectivity index (χ0v) is 17.6. The quantitative estimate of drug-likeness (QED) is 0.243. The second kappa shape index (κ2) is 11.7. The zero-order chi connectivity index (χ0) is 18.1. The highest BCUT2D eigenvalue weighted by atomic mass is 127. The van der Waals surface area contributed by atoms with Crippen LogP contribution in [0.2, 0.25) is 0 Å². The Balaban J connectivity index is 0.00000338. The third kappa shape index (κ3) is 6.47. The molecule has 1 aliphatic heterocycles. The van der Waals surface area contributed by atoms with Gasteiger partial charge in [0.05, 0.1) is 6.54 Å². The van der Waals surface area contributed by atoms with Crippen LogP contribution >= 0.6 is 24.0 Å². The van der Waals surface area contributed by atoms with Crippen molar-refractivity contribution < 1.29 is 4.79 Å². The standard InChI is InChI=1S/C18H28N6O.HI/c1-3-9-22-18(20-4-2)23-13-15-6-5-10-21-17(15)24-11-7-14(8-12-24)16(19)25;/h3,5-6,10,14H,1,4,7-9,11-13H2,2H3,(H2,19,25)(H2,20,22,23);1H. The molecule has 1 fully saturated rings. The number of nitrogens with one attached hydrogen (secondary N) is 2. The van der Waals surface area contributed by atoms with E-state index >= 15 is 0 Å². The molecule has 1 aromatic rings. The molecule has 0 aromatic carbocycles. The van der Waals surface area contributed by atoms with Gasteiger partial charge in [0, 0.05) is 43.9 Å². The fourth-order valence-corrected chi connectivity index (χ4v) is 2.89. The number of guanidine groups is 1. The van der Waals surface area contributed by atoms with E-state index in [1.54, 1.807) is 12.3 Å². The van der Waals surface area contributed by atoms with Gasteiger partial charge in [-0.15, -0.1) is 30.6 Å². The summed E-state index contributed by atoms with van der Waals surface area (Å²) in [6, 6.07) is 3.97. The molecule has 8 heteroatoms. The summed E-state index contributed by atoms with van der Waals surface area (Å²) in [6.07, 6.45) is 5.14. The van der Waals surface area contributed by atoms with Crippen LogP contribution in [0.25, 0.3) is 0 Å². The summed E-state index contributed by atoms with van der Waals surface area (Å²) in [5, 5.41) is 6.40. The zero-order valence-electron chi connectivity index (χ0n) is 15.3. The SMILES string of the molecule is C=CCNC(=NCc1cccnc1N1CCC(C(N)=O)CC1)NCC.I. The molecule has 26 heavy (non-hydrogen) atoms. The molecule has 0 aliphatic carbocycles. The number of hydrogen-bond acceptors (Lipinski definition) is 4. The van der Waals surface area contributed by atoms with Crippen LogP contribution in [-0.4, -0.2) is 43.0 Å². The maximum Gasteiger partial charge on any atom is 0.220 e. The van der Waals surface area contributed by atoms with Crippen molar-refractivity contribution in [1.82, 2.24) is 15.6 Å². The van der Waals surface area contributed by atoms with Gasteiger partial charge in [0.25, 0.3) is 0 Å². The first kappa shape index (κ1) is 22.2. The number of aliphatic imine (C=N–C) groups is 1. The summed E-state index contributed by atoms with van der Waals surface area (Å²) < 4.78 is 0. The second-order valence-electron chi connectivity index (χ2n) is 6.01. The Labute approximate surface area is 172 Å². The Bertz CT molecular complexity index is 613. The lowest BCUT2D eigenvalue weighted by atomic mass is 9.96. The molecular formula is C18H29IN6O. The number of amides is 1. The molecule has 4 N–H and O–H groups in total. The third-order valence-electron chi connectivity index (χ3n) is 4.23. The summed E-state index contributed by atoms with van der Waals surface area (Å²) >= 11 is 0. The Kier molecular flexibility index (Phi) is 10.0. The first-order valence-electron chi connectivity index (χ1n) is 8.77. The van der Waals surface area contributed by atoms with Crippen LogP contribution in [-0.2, 0) is 11.3 Å². The summed E-state index contributed by atoms with van der Waals surface area (Å²) in [5.74, 6) is 1.47. The number of primary amides is 1. The Morgan fingerprint density at radius 1 is 1.46 bits per heavy atom. The lowest BCUT2D eigenvalue weighted by Crippen LogP contribution is -2.39. The number of aromatic nitrogens is 1. The van der Waals surface area contributed by atoms with E-state index in [1.165, 1.54) is 0 Å². The van der Waals surface area contributed by atoms with Crippen LogP contribution < -0.4 is 21.3 Å². The molecule has 1 aromatic heterocycles. The normalized spacial score (nSPS) is 15.1. The van der Waals surface area contributed by atoms with E-state index in [0.29, 0.717) is 13.1 Å². The van der Waals surface area contributed by atoms with Gasteiger partial charge < -0.3 is 21.3 Å². The van der Waals surface area contributed by atoms with Crippen LogP contribution in [0.4, 0.5) is 5.82 Å². The van der Waals surface area contributed by atoms with Crippen LogP contribution in [0.15, 0.2) is 36.0 Å². The Hall–Kier alpha value is -1.84. The highest BCUT2D eigenvalue weighted by Crippen LogP contribution is 2.24.